The van der Waals surface area contributed by atoms with E-state index in [1.165, 1.54) is 24.0 Å². The second-order valence-corrected chi connectivity index (χ2v) is 4.82. The Morgan fingerprint density at radius 1 is 0.947 bits per heavy atom. The molecule has 0 aromatic heterocycles. The molecular formula is C15H24O3V. The number of carbonyl (C=O) groups is 1. The van der Waals surface area contributed by atoms with Gasteiger partial charge in [0, 0.05) is 0 Å². The summed E-state index contributed by atoms with van der Waals surface area (Å²) < 4.78 is 0. The first-order valence-electron chi connectivity index (χ1n) is 5.73. The minimum Gasteiger partial charge on any atom is -0.507 e. The molecular weight excluding hydrogens is 279 g/mol. The molecule has 0 heterocycles. The smallest absolute Gasteiger partial charge is 0.507 e. The molecule has 4 heteroatoms. The largest absolute Gasteiger partial charge is 2.00 e. The van der Waals surface area contributed by atoms with Crippen LogP contribution in [0.1, 0.15) is 51.9 Å². The van der Waals surface area contributed by atoms with Gasteiger partial charge in [-0.1, -0.05) is 12.1 Å². The number of carboxylic acids is 1. The molecule has 0 aliphatic carbocycles. The number of hydrogen-bond acceptors (Lipinski definition) is 2. The second kappa shape index (κ2) is 13.5. The Morgan fingerprint density at radius 2 is 1.26 bits per heavy atom. The van der Waals surface area contributed by atoms with E-state index < -0.39 is 5.97 Å². The first-order valence-corrected chi connectivity index (χ1v) is 5.73. The second-order valence-electron chi connectivity index (χ2n) is 4.82. The van der Waals surface area contributed by atoms with E-state index in [0.717, 1.165) is 0 Å². The summed E-state index contributed by atoms with van der Waals surface area (Å²) in [7, 11) is 0. The van der Waals surface area contributed by atoms with Crippen LogP contribution in [0.15, 0.2) is 24.3 Å². The van der Waals surface area contributed by atoms with Crippen LogP contribution < -0.4 is 0 Å². The van der Waals surface area contributed by atoms with Gasteiger partial charge in [0.15, 0.2) is 0 Å². The van der Waals surface area contributed by atoms with Crippen molar-refractivity contribution in [1.29, 1.82) is 0 Å². The number of aromatic hydroxyl groups is 1. The van der Waals surface area contributed by atoms with Gasteiger partial charge in [-0.2, -0.15) is 41.5 Å². The Bertz CT molecular complexity index is 324. The summed E-state index contributed by atoms with van der Waals surface area (Å²) in [5, 5.41) is 17.3. The fourth-order valence-corrected chi connectivity index (χ4v) is 0.654. The Hall–Kier alpha value is -0.926. The Labute approximate surface area is 128 Å². The molecule has 0 saturated carbocycles. The first-order chi connectivity index (χ1) is 8.18. The number of benzene rings is 1. The normalized spacial score (nSPS) is 8.63. The number of rotatable bonds is 1. The first kappa shape index (κ1) is 23.2. The third kappa shape index (κ3) is 19.6. The molecule has 2 N–H and O–H groups in total. The standard InChI is InChI=1S/C7H6O3.2C4H9.V/c8-6-4-2-1-3-5(6)7(9)10;2*1-4(2)3;/h1-4,8H,(H,9,10);2*1-3H3;/q;2*-1;+2. The molecule has 0 saturated heterocycles. The van der Waals surface area contributed by atoms with Gasteiger partial charge < -0.3 is 22.0 Å². The van der Waals surface area contributed by atoms with Crippen LogP contribution in [0, 0.1) is 11.8 Å². The van der Waals surface area contributed by atoms with Crippen LogP contribution in [0.3, 0.4) is 0 Å². The molecule has 1 radical (unpaired) electrons. The molecule has 0 aliphatic rings. The molecule has 1 aromatic rings. The SMILES string of the molecule is C[C-](C)C.C[C-](C)C.O=C(O)c1ccccc1O.[V+2]. The number of phenols is 1. The molecule has 0 fully saturated rings. The monoisotopic (exact) mass is 303 g/mol. The van der Waals surface area contributed by atoms with Crippen molar-refractivity contribution in [3.63, 3.8) is 0 Å². The maximum Gasteiger partial charge on any atom is 2.00 e. The van der Waals surface area contributed by atoms with Crippen LogP contribution in [0.4, 0.5) is 0 Å². The van der Waals surface area contributed by atoms with E-state index in [2.05, 4.69) is 41.5 Å². The van der Waals surface area contributed by atoms with Crippen molar-refractivity contribution < 1.29 is 33.6 Å². The van der Waals surface area contributed by atoms with Crippen molar-refractivity contribution in [2.45, 2.75) is 41.5 Å². The van der Waals surface area contributed by atoms with E-state index in [9.17, 15) is 4.79 Å². The van der Waals surface area contributed by atoms with Crippen molar-refractivity contribution in [2.24, 2.45) is 0 Å². The van der Waals surface area contributed by atoms with Crippen molar-refractivity contribution >= 4 is 5.97 Å². The van der Waals surface area contributed by atoms with Crippen LogP contribution >= 0.6 is 0 Å². The summed E-state index contributed by atoms with van der Waals surface area (Å²) >= 11 is 0. The van der Waals surface area contributed by atoms with E-state index in [-0.39, 0.29) is 29.9 Å². The molecule has 0 unspecified atom stereocenters. The maximum atomic E-state index is 10.3. The summed E-state index contributed by atoms with van der Waals surface area (Å²) in [6.45, 7) is 12.5. The average Bonchev–Trinajstić information content (AvgIpc) is 2.15. The van der Waals surface area contributed by atoms with Crippen molar-refractivity contribution in [2.75, 3.05) is 0 Å². The van der Waals surface area contributed by atoms with E-state index >= 15 is 0 Å². The summed E-state index contributed by atoms with van der Waals surface area (Å²) in [5.41, 5.74) is -0.0671. The Morgan fingerprint density at radius 3 is 1.47 bits per heavy atom. The van der Waals surface area contributed by atoms with Gasteiger partial charge in [-0.05, 0) is 12.1 Å². The van der Waals surface area contributed by atoms with Crippen molar-refractivity contribution in [1.82, 2.24) is 0 Å². The zero-order valence-electron chi connectivity index (χ0n) is 12.6. The topological polar surface area (TPSA) is 57.5 Å². The van der Waals surface area contributed by atoms with E-state index in [1.807, 2.05) is 0 Å². The minimum absolute atomic E-state index is 0. The number of para-hydroxylation sites is 1. The van der Waals surface area contributed by atoms with Gasteiger partial charge in [0.1, 0.15) is 11.3 Å². The van der Waals surface area contributed by atoms with Crippen LogP contribution in [-0.2, 0) is 18.6 Å². The fraction of sp³-hybridized carbons (Fsp3) is 0.400. The molecule has 0 amide bonds. The Kier molecular flexibility index (Phi) is 16.5. The Balaban J connectivity index is -0.000000242. The minimum atomic E-state index is -1.11. The van der Waals surface area contributed by atoms with Crippen LogP contribution in [0.25, 0.3) is 0 Å². The molecule has 107 valence electrons. The van der Waals surface area contributed by atoms with Gasteiger partial charge >= 0.3 is 24.5 Å². The van der Waals surface area contributed by atoms with E-state index in [1.54, 1.807) is 12.1 Å². The summed E-state index contributed by atoms with van der Waals surface area (Å²) in [6.07, 6.45) is 0. The van der Waals surface area contributed by atoms with Gasteiger partial charge in [-0.15, -0.1) is 0 Å². The van der Waals surface area contributed by atoms with Crippen LogP contribution in [0.2, 0.25) is 0 Å². The molecule has 3 nitrogen and oxygen atoms in total. The van der Waals surface area contributed by atoms with Crippen LogP contribution in [0.5, 0.6) is 5.75 Å². The third-order valence-corrected chi connectivity index (χ3v) is 1.13. The summed E-state index contributed by atoms with van der Waals surface area (Å²) in [6, 6.07) is 5.81. The molecule has 0 spiro atoms. The van der Waals surface area contributed by atoms with Gasteiger partial charge in [-0.25, -0.2) is 4.79 Å². The fourth-order valence-electron chi connectivity index (χ4n) is 0.654. The molecule has 0 bridgehead atoms. The van der Waals surface area contributed by atoms with Gasteiger partial charge in [0.2, 0.25) is 0 Å². The van der Waals surface area contributed by atoms with E-state index in [0.29, 0.717) is 0 Å². The van der Waals surface area contributed by atoms with Gasteiger partial charge in [0.25, 0.3) is 0 Å². The number of hydrogen-bond donors (Lipinski definition) is 2. The predicted molar refractivity (Wildman–Crippen MR) is 75.6 cm³/mol. The van der Waals surface area contributed by atoms with Crippen molar-refractivity contribution in [3.05, 3.63) is 41.7 Å². The number of carboxylic acid groups (broad SMARTS) is 1. The zero-order valence-corrected chi connectivity index (χ0v) is 14.0. The molecule has 0 atom stereocenters. The van der Waals surface area contributed by atoms with Gasteiger partial charge in [-0.3, -0.25) is 0 Å². The number of aromatic carboxylic acids is 1. The van der Waals surface area contributed by atoms with Gasteiger partial charge in [0.05, 0.1) is 0 Å². The maximum absolute atomic E-state index is 10.3. The molecule has 1 aromatic carbocycles. The van der Waals surface area contributed by atoms with Crippen LogP contribution in [-0.4, -0.2) is 16.2 Å². The summed E-state index contributed by atoms with van der Waals surface area (Å²) in [5.74, 6) is 1.52. The summed E-state index contributed by atoms with van der Waals surface area (Å²) in [4.78, 5) is 10.3. The van der Waals surface area contributed by atoms with E-state index in [4.69, 9.17) is 10.2 Å². The average molecular weight is 303 g/mol. The van der Waals surface area contributed by atoms with Crippen molar-refractivity contribution in [3.8, 4) is 5.75 Å². The zero-order chi connectivity index (χ0) is 14.7. The quantitative estimate of drug-likeness (QED) is 0.759. The molecule has 1 rings (SSSR count). The molecule has 19 heavy (non-hydrogen) atoms. The molecule has 0 aliphatic heterocycles. The third-order valence-electron chi connectivity index (χ3n) is 1.13. The predicted octanol–water partition coefficient (Wildman–Crippen LogP) is 4.33.